The van der Waals surface area contributed by atoms with Crippen molar-refractivity contribution in [3.05, 3.63) is 102 Å². The number of hydrogen-bond donors (Lipinski definition) is 2. The minimum atomic E-state index is -0.728. The van der Waals surface area contributed by atoms with E-state index in [0.29, 0.717) is 18.7 Å². The van der Waals surface area contributed by atoms with E-state index in [0.717, 1.165) is 23.7 Å². The van der Waals surface area contributed by atoms with Crippen molar-refractivity contribution in [2.45, 2.75) is 32.4 Å². The van der Waals surface area contributed by atoms with Crippen LogP contribution in [-0.2, 0) is 27.2 Å². The van der Waals surface area contributed by atoms with Gasteiger partial charge in [0, 0.05) is 19.2 Å². The number of hydrogen-bond acceptors (Lipinski definition) is 6. The highest BCUT2D eigenvalue weighted by molar-refractivity contribution is 5.70. The molecule has 0 fully saturated rings. The Bertz CT molecular complexity index is 867. The third kappa shape index (κ3) is 11.2. The van der Waals surface area contributed by atoms with Crippen LogP contribution >= 0.6 is 0 Å². The lowest BCUT2D eigenvalue weighted by atomic mass is 10.0. The van der Waals surface area contributed by atoms with Gasteiger partial charge in [-0.05, 0) is 35.3 Å². The van der Waals surface area contributed by atoms with Crippen molar-refractivity contribution in [1.82, 2.24) is 4.98 Å². The highest BCUT2D eigenvalue weighted by Crippen LogP contribution is 2.20. The van der Waals surface area contributed by atoms with Gasteiger partial charge in [-0.25, -0.2) is 9.18 Å². The van der Waals surface area contributed by atoms with Crippen LogP contribution in [0.25, 0.3) is 0 Å². The molecule has 3 N–H and O–H groups in total. The van der Waals surface area contributed by atoms with Gasteiger partial charge in [-0.2, -0.15) is 0 Å². The van der Waals surface area contributed by atoms with E-state index in [9.17, 15) is 14.3 Å². The molecule has 0 aliphatic heterocycles. The number of ether oxygens (including phenoxy) is 2. The quantitative estimate of drug-likeness (QED) is 0.308. The fraction of sp³-hybridized carbons (Fsp3) is 0.280. The van der Waals surface area contributed by atoms with Crippen LogP contribution in [-0.4, -0.2) is 29.3 Å². The van der Waals surface area contributed by atoms with Gasteiger partial charge in [0.2, 0.25) is 0 Å². The third-order valence-corrected chi connectivity index (χ3v) is 4.07. The number of benzene rings is 1. The fourth-order valence-corrected chi connectivity index (χ4v) is 2.39. The van der Waals surface area contributed by atoms with E-state index >= 15 is 0 Å². The van der Waals surface area contributed by atoms with Crippen molar-refractivity contribution in [3.8, 4) is 0 Å². The average molecular weight is 443 g/mol. The van der Waals surface area contributed by atoms with Gasteiger partial charge in [0.25, 0.3) is 0 Å². The largest absolute Gasteiger partial charge is 0.490 e. The number of rotatable bonds is 11. The SMILES string of the molecule is C=C/C=C\C=C\OCC(=O)OCCC.NCc1ccc(C(O)Cc2ccncc2F)cc1. The summed E-state index contributed by atoms with van der Waals surface area (Å²) in [5.74, 6) is -0.737. The molecule has 6 nitrogen and oxygen atoms in total. The van der Waals surface area contributed by atoms with Crippen LogP contribution in [0.3, 0.4) is 0 Å². The zero-order valence-electron chi connectivity index (χ0n) is 18.3. The van der Waals surface area contributed by atoms with Gasteiger partial charge in [-0.1, -0.05) is 56.0 Å². The summed E-state index contributed by atoms with van der Waals surface area (Å²) in [6, 6.07) is 8.92. The van der Waals surface area contributed by atoms with Crippen molar-refractivity contribution < 1.29 is 23.8 Å². The number of nitrogens with zero attached hydrogens (tertiary/aromatic N) is 1. The lowest BCUT2D eigenvalue weighted by molar-refractivity contribution is -0.147. The van der Waals surface area contributed by atoms with Crippen LogP contribution in [0.2, 0.25) is 0 Å². The predicted molar refractivity (Wildman–Crippen MR) is 123 cm³/mol. The lowest BCUT2D eigenvalue weighted by Crippen LogP contribution is -2.10. The molecule has 0 saturated carbocycles. The third-order valence-electron chi connectivity index (χ3n) is 4.07. The topological polar surface area (TPSA) is 94.7 Å². The van der Waals surface area contributed by atoms with Crippen LogP contribution in [0, 0.1) is 5.82 Å². The van der Waals surface area contributed by atoms with E-state index in [2.05, 4.69) is 11.6 Å². The molecule has 0 bridgehead atoms. The minimum absolute atomic E-state index is 0.0432. The first-order chi connectivity index (χ1) is 15.5. The molecule has 0 aliphatic rings. The number of aliphatic hydroxyl groups is 1. The summed E-state index contributed by atoms with van der Waals surface area (Å²) < 4.78 is 23.1. The van der Waals surface area contributed by atoms with Crippen molar-refractivity contribution in [2.24, 2.45) is 5.73 Å². The Morgan fingerprint density at radius 3 is 2.62 bits per heavy atom. The number of aromatic nitrogens is 1. The molecule has 0 radical (unpaired) electrons. The highest BCUT2D eigenvalue weighted by Gasteiger charge is 2.11. The molecule has 0 saturated heterocycles. The number of carbonyl (C=O) groups excluding carboxylic acids is 1. The second kappa shape index (κ2) is 16.4. The van der Waals surface area contributed by atoms with Gasteiger partial charge in [0.1, 0.15) is 5.82 Å². The number of halogens is 1. The fourth-order valence-electron chi connectivity index (χ4n) is 2.39. The van der Waals surface area contributed by atoms with Crippen LogP contribution in [0.5, 0.6) is 0 Å². The summed E-state index contributed by atoms with van der Waals surface area (Å²) in [6.45, 7) is 6.31. The van der Waals surface area contributed by atoms with Gasteiger partial charge in [0.15, 0.2) is 6.61 Å². The number of nitrogens with two attached hydrogens (primary N) is 1. The molecule has 0 amide bonds. The number of pyridine rings is 1. The molecule has 32 heavy (non-hydrogen) atoms. The Morgan fingerprint density at radius 1 is 1.25 bits per heavy atom. The van der Waals surface area contributed by atoms with Crippen LogP contribution in [0.4, 0.5) is 4.39 Å². The van der Waals surface area contributed by atoms with E-state index in [1.807, 2.05) is 31.2 Å². The molecule has 172 valence electrons. The average Bonchev–Trinajstić information content (AvgIpc) is 2.82. The van der Waals surface area contributed by atoms with E-state index in [1.165, 1.54) is 12.5 Å². The Morgan fingerprint density at radius 2 is 2.00 bits per heavy atom. The van der Waals surface area contributed by atoms with Crippen LogP contribution < -0.4 is 5.73 Å². The van der Waals surface area contributed by atoms with E-state index in [4.69, 9.17) is 15.2 Å². The molecule has 0 aliphatic carbocycles. The smallest absolute Gasteiger partial charge is 0.344 e. The van der Waals surface area contributed by atoms with Crippen molar-refractivity contribution >= 4 is 5.97 Å². The lowest BCUT2D eigenvalue weighted by Gasteiger charge is -2.12. The summed E-state index contributed by atoms with van der Waals surface area (Å²) in [4.78, 5) is 14.6. The molecular weight excluding hydrogens is 411 g/mol. The molecule has 2 rings (SSSR count). The predicted octanol–water partition coefficient (Wildman–Crippen LogP) is 4.17. The van der Waals surface area contributed by atoms with Gasteiger partial charge in [-0.3, -0.25) is 4.98 Å². The van der Waals surface area contributed by atoms with E-state index in [-0.39, 0.29) is 19.0 Å². The van der Waals surface area contributed by atoms with Crippen molar-refractivity contribution in [1.29, 1.82) is 0 Å². The maximum absolute atomic E-state index is 13.4. The molecule has 1 aromatic heterocycles. The molecule has 1 unspecified atom stereocenters. The Labute approximate surface area is 188 Å². The Hall–Kier alpha value is -3.29. The summed E-state index contributed by atoms with van der Waals surface area (Å²) >= 11 is 0. The first-order valence-electron chi connectivity index (χ1n) is 10.3. The monoisotopic (exact) mass is 442 g/mol. The molecule has 1 atom stereocenters. The molecule has 1 aromatic carbocycles. The molecule has 7 heteroatoms. The van der Waals surface area contributed by atoms with Gasteiger partial charge < -0.3 is 20.3 Å². The minimum Gasteiger partial charge on any atom is -0.490 e. The summed E-state index contributed by atoms with van der Waals surface area (Å²) in [6.07, 6.45) is 11.3. The number of carbonyl (C=O) groups is 1. The van der Waals surface area contributed by atoms with Gasteiger partial charge in [-0.15, -0.1) is 0 Å². The second-order valence-electron chi connectivity index (χ2n) is 6.61. The zero-order valence-corrected chi connectivity index (χ0v) is 18.3. The first-order valence-corrected chi connectivity index (χ1v) is 10.3. The molecule has 2 aromatic rings. The first kappa shape index (κ1) is 26.7. The van der Waals surface area contributed by atoms with E-state index < -0.39 is 11.9 Å². The standard InChI is InChI=1S/C14H15FN2O.C11H16O3/c15-13-9-17-6-5-12(13)7-14(18)11-3-1-10(8-16)2-4-11;1-3-5-6-7-9-13-10-11(12)14-8-4-2/h1-6,9,14,18H,7-8,16H2;3,5-7,9H,1,4,8,10H2,2H3/b;6-5-,9-7+. The molecule has 0 spiro atoms. The summed E-state index contributed by atoms with van der Waals surface area (Å²) in [5.41, 5.74) is 7.71. The summed E-state index contributed by atoms with van der Waals surface area (Å²) in [5, 5.41) is 10.0. The number of aliphatic hydroxyl groups excluding tert-OH is 1. The van der Waals surface area contributed by atoms with Crippen LogP contribution in [0.1, 0.15) is 36.1 Å². The number of esters is 1. The van der Waals surface area contributed by atoms with Gasteiger partial charge >= 0.3 is 5.97 Å². The van der Waals surface area contributed by atoms with Crippen LogP contribution in [0.15, 0.2) is 79.9 Å². The maximum atomic E-state index is 13.4. The highest BCUT2D eigenvalue weighted by atomic mass is 19.1. The Kier molecular flexibility index (Phi) is 13.7. The maximum Gasteiger partial charge on any atom is 0.344 e. The van der Waals surface area contributed by atoms with E-state index in [1.54, 1.807) is 30.4 Å². The molecule has 1 heterocycles. The van der Waals surface area contributed by atoms with Crippen molar-refractivity contribution in [3.63, 3.8) is 0 Å². The zero-order chi connectivity index (χ0) is 23.6. The Balaban J connectivity index is 0.000000333. The van der Waals surface area contributed by atoms with Gasteiger partial charge in [0.05, 0.1) is 25.2 Å². The number of allylic oxidation sites excluding steroid dienone is 4. The normalized spacial score (nSPS) is 11.6. The summed E-state index contributed by atoms with van der Waals surface area (Å²) in [7, 11) is 0. The molecular formula is C25H31FN2O4. The van der Waals surface area contributed by atoms with Crippen molar-refractivity contribution in [2.75, 3.05) is 13.2 Å². The second-order valence-corrected chi connectivity index (χ2v) is 6.61.